The molecule has 0 aliphatic carbocycles. The van der Waals surface area contributed by atoms with Crippen LogP contribution in [-0.2, 0) is 14.8 Å². The lowest BCUT2D eigenvalue weighted by molar-refractivity contribution is -0.120. The van der Waals surface area contributed by atoms with Crippen LogP contribution in [0.1, 0.15) is 12.8 Å². The smallest absolute Gasteiger partial charge is 0.243 e. The number of ether oxygens (including phenoxy) is 1. The Balaban J connectivity index is 1.49. The molecule has 1 fully saturated rings. The van der Waals surface area contributed by atoms with Crippen molar-refractivity contribution in [3.63, 3.8) is 0 Å². The Morgan fingerprint density at radius 1 is 1.26 bits per heavy atom. The number of carbonyl (C=O) groups excluding carboxylic acids is 1. The molecule has 0 saturated carbocycles. The van der Waals surface area contributed by atoms with Gasteiger partial charge in [-0.1, -0.05) is 11.3 Å². The minimum atomic E-state index is -3.76. The fourth-order valence-electron chi connectivity index (χ4n) is 3.49. The number of fused-ring (bicyclic) bond motifs is 1. The SMILES string of the molecule is COc1ccc(S(=O)(=O)N2CCCC(C(=O)Nc3nc4c(F)cc(F)cc4s3)C2)cc1. The van der Waals surface area contributed by atoms with Crippen molar-refractivity contribution in [1.29, 1.82) is 0 Å². The van der Waals surface area contributed by atoms with Crippen LogP contribution >= 0.6 is 11.3 Å². The van der Waals surface area contributed by atoms with Gasteiger partial charge in [0.25, 0.3) is 0 Å². The lowest BCUT2D eigenvalue weighted by Crippen LogP contribution is -2.43. The fraction of sp³-hybridized carbons (Fsp3) is 0.300. The highest BCUT2D eigenvalue weighted by atomic mass is 32.2. The number of anilines is 1. The molecule has 7 nitrogen and oxygen atoms in total. The molecule has 2 heterocycles. The van der Waals surface area contributed by atoms with E-state index in [1.807, 2.05) is 0 Å². The number of carbonyl (C=O) groups is 1. The molecule has 31 heavy (non-hydrogen) atoms. The molecule has 1 N–H and O–H groups in total. The number of nitrogens with one attached hydrogen (secondary N) is 1. The van der Waals surface area contributed by atoms with Gasteiger partial charge in [-0.2, -0.15) is 4.31 Å². The first-order valence-corrected chi connectivity index (χ1v) is 11.7. The number of nitrogens with zero attached hydrogens (tertiary/aromatic N) is 2. The third-order valence-electron chi connectivity index (χ3n) is 5.10. The Kier molecular flexibility index (Phi) is 5.91. The van der Waals surface area contributed by atoms with Gasteiger partial charge >= 0.3 is 0 Å². The molecule has 1 aliphatic heterocycles. The summed E-state index contributed by atoms with van der Waals surface area (Å²) in [5.41, 5.74) is -0.0194. The van der Waals surface area contributed by atoms with Gasteiger partial charge in [-0.25, -0.2) is 22.2 Å². The van der Waals surface area contributed by atoms with E-state index in [2.05, 4.69) is 10.3 Å². The van der Waals surface area contributed by atoms with E-state index in [0.717, 1.165) is 23.5 Å². The van der Waals surface area contributed by atoms with Gasteiger partial charge in [0.15, 0.2) is 10.9 Å². The summed E-state index contributed by atoms with van der Waals surface area (Å²) in [5, 5.41) is 2.75. The van der Waals surface area contributed by atoms with Crippen molar-refractivity contribution < 1.29 is 26.7 Å². The Labute approximate surface area is 181 Å². The van der Waals surface area contributed by atoms with Crippen molar-refractivity contribution in [3.05, 3.63) is 48.0 Å². The molecule has 1 aromatic heterocycles. The number of aromatic nitrogens is 1. The second kappa shape index (κ2) is 8.48. The summed E-state index contributed by atoms with van der Waals surface area (Å²) in [6.07, 6.45) is 1.03. The number of piperidine rings is 1. The van der Waals surface area contributed by atoms with E-state index in [0.29, 0.717) is 25.1 Å². The summed E-state index contributed by atoms with van der Waals surface area (Å²) in [6, 6.07) is 7.94. The van der Waals surface area contributed by atoms with Gasteiger partial charge in [-0.15, -0.1) is 0 Å². The van der Waals surface area contributed by atoms with Crippen LogP contribution in [0.4, 0.5) is 13.9 Å². The summed E-state index contributed by atoms with van der Waals surface area (Å²) in [5.74, 6) is -1.98. The predicted molar refractivity (Wildman–Crippen MR) is 113 cm³/mol. The normalized spacial score (nSPS) is 17.6. The zero-order chi connectivity index (χ0) is 22.2. The van der Waals surface area contributed by atoms with Crippen LogP contribution in [0.15, 0.2) is 41.3 Å². The van der Waals surface area contributed by atoms with Crippen LogP contribution in [0.3, 0.4) is 0 Å². The molecule has 1 aliphatic rings. The van der Waals surface area contributed by atoms with Crippen molar-refractivity contribution in [2.24, 2.45) is 5.92 Å². The van der Waals surface area contributed by atoms with E-state index >= 15 is 0 Å². The van der Waals surface area contributed by atoms with Crippen LogP contribution in [0.5, 0.6) is 5.75 Å². The van der Waals surface area contributed by atoms with Crippen molar-refractivity contribution >= 4 is 42.6 Å². The van der Waals surface area contributed by atoms with E-state index in [-0.39, 0.29) is 26.8 Å². The Hall–Kier alpha value is -2.63. The number of rotatable bonds is 5. The Morgan fingerprint density at radius 3 is 2.71 bits per heavy atom. The number of amides is 1. The van der Waals surface area contributed by atoms with Crippen molar-refractivity contribution in [2.45, 2.75) is 17.7 Å². The number of hydrogen-bond acceptors (Lipinski definition) is 6. The van der Waals surface area contributed by atoms with Gasteiger partial charge < -0.3 is 10.1 Å². The number of hydrogen-bond donors (Lipinski definition) is 1. The highest BCUT2D eigenvalue weighted by Gasteiger charge is 2.33. The van der Waals surface area contributed by atoms with Crippen molar-refractivity contribution in [3.8, 4) is 5.75 Å². The molecule has 4 rings (SSSR count). The number of sulfonamides is 1. The van der Waals surface area contributed by atoms with Gasteiger partial charge in [0.1, 0.15) is 17.1 Å². The molecule has 0 radical (unpaired) electrons. The van der Waals surface area contributed by atoms with E-state index in [1.54, 1.807) is 12.1 Å². The largest absolute Gasteiger partial charge is 0.497 e. The molecule has 2 aromatic carbocycles. The molecule has 11 heteroatoms. The fourth-order valence-corrected chi connectivity index (χ4v) is 5.92. The summed E-state index contributed by atoms with van der Waals surface area (Å²) in [4.78, 5) is 16.9. The lowest BCUT2D eigenvalue weighted by Gasteiger charge is -2.31. The average molecular weight is 468 g/mol. The van der Waals surface area contributed by atoms with Gasteiger partial charge in [0, 0.05) is 19.2 Å². The predicted octanol–water partition coefficient (Wildman–Crippen LogP) is 3.62. The van der Waals surface area contributed by atoms with E-state index in [1.165, 1.54) is 23.5 Å². The molecule has 1 atom stereocenters. The maximum atomic E-state index is 13.9. The molecular formula is C20H19F2N3O4S2. The maximum absolute atomic E-state index is 13.9. The summed E-state index contributed by atoms with van der Waals surface area (Å²) < 4.78 is 59.8. The third-order valence-corrected chi connectivity index (χ3v) is 7.89. The van der Waals surface area contributed by atoms with E-state index in [9.17, 15) is 22.0 Å². The number of thiazole rings is 1. The van der Waals surface area contributed by atoms with Crippen LogP contribution in [0, 0.1) is 17.6 Å². The first kappa shape index (κ1) is 21.6. The molecule has 1 saturated heterocycles. The lowest BCUT2D eigenvalue weighted by atomic mass is 9.99. The molecule has 1 unspecified atom stereocenters. The molecule has 164 valence electrons. The van der Waals surface area contributed by atoms with Crippen LogP contribution in [0.2, 0.25) is 0 Å². The third kappa shape index (κ3) is 4.39. The van der Waals surface area contributed by atoms with Gasteiger partial charge in [-0.05, 0) is 43.2 Å². The van der Waals surface area contributed by atoms with Crippen LogP contribution in [0.25, 0.3) is 10.2 Å². The second-order valence-corrected chi connectivity index (χ2v) is 10.1. The maximum Gasteiger partial charge on any atom is 0.243 e. The quantitative estimate of drug-likeness (QED) is 0.619. The van der Waals surface area contributed by atoms with Gasteiger partial charge in [0.2, 0.25) is 15.9 Å². The zero-order valence-corrected chi connectivity index (χ0v) is 18.1. The zero-order valence-electron chi connectivity index (χ0n) is 16.5. The minimum Gasteiger partial charge on any atom is -0.497 e. The molecular weight excluding hydrogens is 448 g/mol. The number of methoxy groups -OCH3 is 1. The van der Waals surface area contributed by atoms with Gasteiger partial charge in [-0.3, -0.25) is 4.79 Å². The Morgan fingerprint density at radius 2 is 2.00 bits per heavy atom. The molecule has 0 bridgehead atoms. The Bertz CT molecular complexity index is 1230. The van der Waals surface area contributed by atoms with Crippen molar-refractivity contribution in [2.75, 3.05) is 25.5 Å². The standard InChI is InChI=1S/C20H19F2N3O4S2/c1-29-14-4-6-15(7-5-14)31(27,28)25-8-2-3-12(11-25)19(26)24-20-23-18-16(22)9-13(21)10-17(18)30-20/h4-7,9-10,12H,2-3,8,11H2,1H3,(H,23,24,26). The molecule has 1 amide bonds. The summed E-state index contributed by atoms with van der Waals surface area (Å²) in [6.45, 7) is 0.331. The van der Waals surface area contributed by atoms with E-state index < -0.39 is 33.5 Å². The first-order chi connectivity index (χ1) is 14.8. The monoisotopic (exact) mass is 467 g/mol. The van der Waals surface area contributed by atoms with Crippen LogP contribution in [-0.4, -0.2) is 43.8 Å². The van der Waals surface area contributed by atoms with Gasteiger partial charge in [0.05, 0.1) is 22.6 Å². The summed E-state index contributed by atoms with van der Waals surface area (Å²) >= 11 is 0.958. The first-order valence-electron chi connectivity index (χ1n) is 9.48. The van der Waals surface area contributed by atoms with Crippen LogP contribution < -0.4 is 10.1 Å². The topological polar surface area (TPSA) is 88.6 Å². The van der Waals surface area contributed by atoms with Crippen molar-refractivity contribution in [1.82, 2.24) is 9.29 Å². The average Bonchev–Trinajstić information content (AvgIpc) is 3.16. The highest BCUT2D eigenvalue weighted by molar-refractivity contribution is 7.89. The minimum absolute atomic E-state index is 0.0194. The molecule has 0 spiro atoms. The second-order valence-electron chi connectivity index (χ2n) is 7.12. The number of benzene rings is 2. The summed E-state index contributed by atoms with van der Waals surface area (Å²) in [7, 11) is -2.27. The highest BCUT2D eigenvalue weighted by Crippen LogP contribution is 2.30. The molecule has 3 aromatic rings. The number of halogens is 2. The van der Waals surface area contributed by atoms with E-state index in [4.69, 9.17) is 4.74 Å².